The lowest BCUT2D eigenvalue weighted by Crippen LogP contribution is -2.22. The fraction of sp³-hybridized carbons (Fsp3) is 0.294. The minimum absolute atomic E-state index is 0.103. The van der Waals surface area contributed by atoms with Gasteiger partial charge < -0.3 is 10.1 Å². The summed E-state index contributed by atoms with van der Waals surface area (Å²) < 4.78 is 19.0. The van der Waals surface area contributed by atoms with Crippen LogP contribution in [-0.2, 0) is 0 Å². The Labute approximate surface area is 129 Å². The minimum Gasteiger partial charge on any atom is -0.495 e. The van der Waals surface area contributed by atoms with Crippen LogP contribution in [0.25, 0.3) is 0 Å². The first-order valence-corrected chi connectivity index (χ1v) is 7.27. The average molecular weight is 308 g/mol. The fourth-order valence-electron chi connectivity index (χ4n) is 2.28. The van der Waals surface area contributed by atoms with Crippen LogP contribution in [0.5, 0.6) is 5.75 Å². The molecule has 2 aromatic rings. The number of halogens is 2. The Morgan fingerprint density at radius 3 is 2.43 bits per heavy atom. The van der Waals surface area contributed by atoms with Crippen LogP contribution in [0.15, 0.2) is 36.4 Å². The number of aryl methyl sites for hydroxylation is 1. The molecule has 0 radical (unpaired) electrons. The Kier molecular flexibility index (Phi) is 5.21. The Morgan fingerprint density at radius 2 is 1.86 bits per heavy atom. The van der Waals surface area contributed by atoms with Gasteiger partial charge in [0.2, 0.25) is 0 Å². The van der Waals surface area contributed by atoms with Crippen molar-refractivity contribution in [2.24, 2.45) is 0 Å². The highest BCUT2D eigenvalue weighted by molar-refractivity contribution is 6.32. The second-order valence-electron chi connectivity index (χ2n) is 4.89. The summed E-state index contributed by atoms with van der Waals surface area (Å²) in [5.74, 6) is 0.431. The third kappa shape index (κ3) is 3.55. The molecule has 4 heteroatoms. The van der Waals surface area contributed by atoms with Crippen LogP contribution in [0.4, 0.5) is 4.39 Å². The van der Waals surface area contributed by atoms with E-state index in [0.29, 0.717) is 16.3 Å². The van der Waals surface area contributed by atoms with E-state index in [-0.39, 0.29) is 11.9 Å². The third-order valence-corrected chi connectivity index (χ3v) is 3.74. The topological polar surface area (TPSA) is 21.3 Å². The van der Waals surface area contributed by atoms with Crippen molar-refractivity contribution >= 4 is 11.6 Å². The van der Waals surface area contributed by atoms with E-state index in [1.54, 1.807) is 26.2 Å². The zero-order valence-electron chi connectivity index (χ0n) is 12.4. The van der Waals surface area contributed by atoms with E-state index >= 15 is 0 Å². The quantitative estimate of drug-likeness (QED) is 0.878. The van der Waals surface area contributed by atoms with Crippen LogP contribution < -0.4 is 10.1 Å². The highest BCUT2D eigenvalue weighted by Crippen LogP contribution is 2.30. The molecule has 21 heavy (non-hydrogen) atoms. The van der Waals surface area contributed by atoms with Crippen molar-refractivity contribution in [3.63, 3.8) is 0 Å². The highest BCUT2D eigenvalue weighted by atomic mass is 35.5. The van der Waals surface area contributed by atoms with Gasteiger partial charge in [-0.15, -0.1) is 0 Å². The number of ether oxygens (including phenoxy) is 1. The molecule has 1 atom stereocenters. The van der Waals surface area contributed by atoms with Crippen molar-refractivity contribution in [3.8, 4) is 5.75 Å². The first-order valence-electron chi connectivity index (χ1n) is 6.89. The molecule has 1 N–H and O–H groups in total. The van der Waals surface area contributed by atoms with Crippen LogP contribution in [0, 0.1) is 12.7 Å². The lowest BCUT2D eigenvalue weighted by Gasteiger charge is -2.20. The summed E-state index contributed by atoms with van der Waals surface area (Å²) in [5, 5.41) is 3.91. The molecule has 0 saturated carbocycles. The summed E-state index contributed by atoms with van der Waals surface area (Å²) >= 11 is 6.19. The Bertz CT molecular complexity index is 630. The summed E-state index contributed by atoms with van der Waals surface area (Å²) in [7, 11) is 1.58. The Balaban J connectivity index is 2.42. The molecule has 0 amide bonds. The van der Waals surface area contributed by atoms with Gasteiger partial charge in [-0.1, -0.05) is 36.7 Å². The molecule has 0 saturated heterocycles. The van der Waals surface area contributed by atoms with Gasteiger partial charge in [0.25, 0.3) is 0 Å². The van der Waals surface area contributed by atoms with Crippen molar-refractivity contribution < 1.29 is 9.13 Å². The molecule has 112 valence electrons. The molecule has 0 fully saturated rings. The zero-order chi connectivity index (χ0) is 15.4. The molecule has 0 aromatic heterocycles. The van der Waals surface area contributed by atoms with Gasteiger partial charge in [0, 0.05) is 0 Å². The molecule has 1 unspecified atom stereocenters. The summed E-state index contributed by atoms with van der Waals surface area (Å²) in [4.78, 5) is 0. The van der Waals surface area contributed by atoms with Crippen molar-refractivity contribution in [3.05, 3.63) is 63.9 Å². The standard InChI is InChI=1S/C17H19ClFNO/c1-4-20-17(13-6-5-11(2)15(19)10-13)12-7-8-16(21-3)14(18)9-12/h5-10,17,20H,4H2,1-3H3. The SMILES string of the molecule is CCNC(c1ccc(C)c(F)c1)c1ccc(OC)c(Cl)c1. The normalized spacial score (nSPS) is 12.2. The van der Waals surface area contributed by atoms with Crippen molar-refractivity contribution in [2.45, 2.75) is 19.9 Å². The largest absolute Gasteiger partial charge is 0.495 e. The van der Waals surface area contributed by atoms with E-state index in [1.807, 2.05) is 31.2 Å². The summed E-state index contributed by atoms with van der Waals surface area (Å²) in [5.41, 5.74) is 2.49. The van der Waals surface area contributed by atoms with Gasteiger partial charge in [0.15, 0.2) is 0 Å². The summed E-state index contributed by atoms with van der Waals surface area (Å²) in [6.45, 7) is 4.54. The molecule has 2 nitrogen and oxygen atoms in total. The smallest absolute Gasteiger partial charge is 0.137 e. The van der Waals surface area contributed by atoms with E-state index in [4.69, 9.17) is 16.3 Å². The van der Waals surface area contributed by atoms with Gasteiger partial charge in [0.05, 0.1) is 18.2 Å². The van der Waals surface area contributed by atoms with E-state index in [9.17, 15) is 4.39 Å². The lowest BCUT2D eigenvalue weighted by molar-refractivity contribution is 0.414. The third-order valence-electron chi connectivity index (χ3n) is 3.45. The maximum Gasteiger partial charge on any atom is 0.137 e. The molecule has 0 aliphatic rings. The van der Waals surface area contributed by atoms with E-state index in [2.05, 4.69) is 5.32 Å². The summed E-state index contributed by atoms with van der Waals surface area (Å²) in [6, 6.07) is 10.8. The zero-order valence-corrected chi connectivity index (χ0v) is 13.2. The van der Waals surface area contributed by atoms with E-state index in [1.165, 1.54) is 0 Å². The van der Waals surface area contributed by atoms with Crippen molar-refractivity contribution in [1.82, 2.24) is 5.32 Å². The predicted octanol–water partition coefficient (Wildman–Crippen LogP) is 4.50. The molecular formula is C17H19ClFNO. The Hall–Kier alpha value is -1.58. The highest BCUT2D eigenvalue weighted by Gasteiger charge is 2.16. The lowest BCUT2D eigenvalue weighted by atomic mass is 9.97. The van der Waals surface area contributed by atoms with Crippen LogP contribution in [-0.4, -0.2) is 13.7 Å². The second-order valence-corrected chi connectivity index (χ2v) is 5.30. The van der Waals surface area contributed by atoms with Gasteiger partial charge in [0.1, 0.15) is 11.6 Å². The maximum absolute atomic E-state index is 13.8. The van der Waals surface area contributed by atoms with Crippen molar-refractivity contribution in [1.29, 1.82) is 0 Å². The van der Waals surface area contributed by atoms with Crippen LogP contribution in [0.2, 0.25) is 5.02 Å². The molecule has 2 aromatic carbocycles. The number of methoxy groups -OCH3 is 1. The molecule has 0 aliphatic carbocycles. The number of hydrogen-bond donors (Lipinski definition) is 1. The van der Waals surface area contributed by atoms with Crippen molar-refractivity contribution in [2.75, 3.05) is 13.7 Å². The van der Waals surface area contributed by atoms with E-state index < -0.39 is 0 Å². The number of hydrogen-bond acceptors (Lipinski definition) is 2. The van der Waals surface area contributed by atoms with E-state index in [0.717, 1.165) is 17.7 Å². The number of rotatable bonds is 5. The molecule has 0 spiro atoms. The monoisotopic (exact) mass is 307 g/mol. The van der Waals surface area contributed by atoms with Gasteiger partial charge >= 0.3 is 0 Å². The van der Waals surface area contributed by atoms with Gasteiger partial charge in [-0.25, -0.2) is 4.39 Å². The molecule has 0 aliphatic heterocycles. The maximum atomic E-state index is 13.8. The first kappa shape index (κ1) is 15.8. The molecular weight excluding hydrogens is 289 g/mol. The molecule has 2 rings (SSSR count). The second kappa shape index (κ2) is 6.92. The average Bonchev–Trinajstić information content (AvgIpc) is 2.48. The predicted molar refractivity (Wildman–Crippen MR) is 84.7 cm³/mol. The number of benzene rings is 2. The van der Waals surface area contributed by atoms with Gasteiger partial charge in [-0.3, -0.25) is 0 Å². The Morgan fingerprint density at radius 1 is 1.19 bits per heavy atom. The van der Waals surface area contributed by atoms with Crippen LogP contribution in [0.1, 0.15) is 29.7 Å². The first-order chi connectivity index (χ1) is 10.1. The molecule has 0 heterocycles. The fourth-order valence-corrected chi connectivity index (χ4v) is 2.55. The molecule has 0 bridgehead atoms. The van der Waals surface area contributed by atoms with Gasteiger partial charge in [-0.05, 0) is 48.4 Å². The van der Waals surface area contributed by atoms with Crippen LogP contribution in [0.3, 0.4) is 0 Å². The summed E-state index contributed by atoms with van der Waals surface area (Å²) in [6.07, 6.45) is 0. The van der Waals surface area contributed by atoms with Crippen LogP contribution >= 0.6 is 11.6 Å². The minimum atomic E-state index is -0.199. The number of nitrogens with one attached hydrogen (secondary N) is 1. The van der Waals surface area contributed by atoms with Gasteiger partial charge in [-0.2, -0.15) is 0 Å².